The van der Waals surface area contributed by atoms with E-state index in [1.54, 1.807) is 4.90 Å². The lowest BCUT2D eigenvalue weighted by Crippen LogP contribution is -2.52. The smallest absolute Gasteiger partial charge is 0.407 e. The maximum atomic E-state index is 13.4. The van der Waals surface area contributed by atoms with Crippen LogP contribution in [0.3, 0.4) is 0 Å². The molecule has 3 fully saturated rings. The molecule has 12 nitrogen and oxygen atoms in total. The van der Waals surface area contributed by atoms with Gasteiger partial charge >= 0.3 is 6.09 Å². The zero-order valence-corrected chi connectivity index (χ0v) is 28.0. The molecule has 252 valence electrons. The van der Waals surface area contributed by atoms with Gasteiger partial charge in [-0.3, -0.25) is 19.7 Å². The SMILES string of the molecule is CC(C)(C)OC(=O)NC1CCN([S+]([O-])c2cccc(OC3CCN(c4ccc5c(c4)CN(C4CCC(=O)NC4=O)C5=O)CC3)c2)CC1. The Labute approximate surface area is 278 Å². The monoisotopic (exact) mass is 665 g/mol. The summed E-state index contributed by atoms with van der Waals surface area (Å²) in [5.41, 5.74) is 1.98. The van der Waals surface area contributed by atoms with Gasteiger partial charge in [-0.1, -0.05) is 6.07 Å². The number of nitrogens with one attached hydrogen (secondary N) is 2. The lowest BCUT2D eigenvalue weighted by atomic mass is 10.0. The van der Waals surface area contributed by atoms with E-state index in [0.29, 0.717) is 55.1 Å². The predicted molar refractivity (Wildman–Crippen MR) is 175 cm³/mol. The molecule has 2 aromatic rings. The van der Waals surface area contributed by atoms with Crippen LogP contribution in [0.1, 0.15) is 75.2 Å². The van der Waals surface area contributed by atoms with Gasteiger partial charge in [0.15, 0.2) is 4.90 Å². The third-order valence-electron chi connectivity index (χ3n) is 9.03. The van der Waals surface area contributed by atoms with Crippen LogP contribution in [0.2, 0.25) is 0 Å². The zero-order valence-electron chi connectivity index (χ0n) is 27.2. The Kier molecular flexibility index (Phi) is 9.67. The Morgan fingerprint density at radius 2 is 1.72 bits per heavy atom. The van der Waals surface area contributed by atoms with Crippen molar-refractivity contribution in [2.24, 2.45) is 0 Å². The highest BCUT2D eigenvalue weighted by Crippen LogP contribution is 2.32. The first-order chi connectivity index (χ1) is 22.4. The molecule has 4 aliphatic heterocycles. The van der Waals surface area contributed by atoms with Gasteiger partial charge in [0, 0.05) is 75.3 Å². The van der Waals surface area contributed by atoms with Crippen molar-refractivity contribution in [3.05, 3.63) is 53.6 Å². The second-order valence-corrected chi connectivity index (χ2v) is 15.1. The van der Waals surface area contributed by atoms with Crippen molar-refractivity contribution < 1.29 is 33.2 Å². The number of hydrogen-bond donors (Lipinski definition) is 2. The molecule has 2 aromatic carbocycles. The summed E-state index contributed by atoms with van der Waals surface area (Å²) in [5, 5.41) is 5.27. The highest BCUT2D eigenvalue weighted by Gasteiger charge is 2.39. The molecule has 3 saturated heterocycles. The maximum Gasteiger partial charge on any atom is 0.407 e. The Bertz CT molecular complexity index is 1510. The van der Waals surface area contributed by atoms with Gasteiger partial charge in [-0.05, 0) is 75.9 Å². The second-order valence-electron chi connectivity index (χ2n) is 13.6. The van der Waals surface area contributed by atoms with E-state index in [4.69, 9.17) is 9.47 Å². The third-order valence-corrected chi connectivity index (χ3v) is 10.5. The number of anilines is 1. The largest absolute Gasteiger partial charge is 0.593 e. The van der Waals surface area contributed by atoms with E-state index < -0.39 is 35.0 Å². The number of nitrogens with zero attached hydrogens (tertiary/aromatic N) is 3. The molecule has 6 rings (SSSR count). The standard InChI is InChI=1S/C34H43N5O7S/c1-34(2,3)46-33(43)35-23-11-17-38(18-12-23)47(44)27-6-4-5-26(20-27)45-25-13-15-37(16-14-25)24-7-8-28-22(19-24)21-39(32(28)42)29-9-10-30(40)36-31(29)41/h4-8,19-20,23,25,29H,9-18,21H2,1-3H3,(H,35,43)(H,36,40,41). The normalized spacial score (nSPS) is 22.1. The van der Waals surface area contributed by atoms with Crippen LogP contribution in [0.25, 0.3) is 0 Å². The van der Waals surface area contributed by atoms with Crippen LogP contribution < -0.4 is 20.3 Å². The first-order valence-electron chi connectivity index (χ1n) is 16.4. The highest BCUT2D eigenvalue weighted by atomic mass is 32.2. The molecule has 4 amide bonds. The van der Waals surface area contributed by atoms with Crippen LogP contribution in [-0.2, 0) is 32.2 Å². The van der Waals surface area contributed by atoms with Crippen molar-refractivity contribution in [2.75, 3.05) is 31.1 Å². The van der Waals surface area contributed by atoms with Gasteiger partial charge < -0.3 is 29.1 Å². The van der Waals surface area contributed by atoms with E-state index in [1.807, 2.05) is 67.5 Å². The zero-order chi connectivity index (χ0) is 33.3. The quantitative estimate of drug-likeness (QED) is 0.336. The fraction of sp³-hybridized carbons (Fsp3) is 0.529. The van der Waals surface area contributed by atoms with E-state index in [9.17, 15) is 23.7 Å². The first kappa shape index (κ1) is 33.1. The van der Waals surface area contributed by atoms with Crippen LogP contribution in [0.5, 0.6) is 5.75 Å². The number of rotatable bonds is 7. The van der Waals surface area contributed by atoms with Crippen LogP contribution in [-0.4, -0.2) is 87.5 Å². The summed E-state index contributed by atoms with van der Waals surface area (Å²) in [7, 11) is 0. The summed E-state index contributed by atoms with van der Waals surface area (Å²) in [5.74, 6) is -0.178. The van der Waals surface area contributed by atoms with Crippen LogP contribution in [0.15, 0.2) is 47.4 Å². The average molecular weight is 666 g/mol. The van der Waals surface area contributed by atoms with Crippen molar-refractivity contribution in [1.29, 1.82) is 0 Å². The van der Waals surface area contributed by atoms with Crippen molar-refractivity contribution >= 4 is 40.9 Å². The number of fused-ring (bicyclic) bond motifs is 1. The molecular formula is C34H43N5O7S. The van der Waals surface area contributed by atoms with Crippen LogP contribution in [0, 0.1) is 0 Å². The summed E-state index contributed by atoms with van der Waals surface area (Å²) >= 11 is -1.33. The molecule has 2 N–H and O–H groups in total. The third kappa shape index (κ3) is 7.85. The molecule has 4 heterocycles. The minimum Gasteiger partial charge on any atom is -0.593 e. The Morgan fingerprint density at radius 1 is 0.979 bits per heavy atom. The summed E-state index contributed by atoms with van der Waals surface area (Å²) in [6, 6.07) is 12.7. The minimum absolute atomic E-state index is 0.00884. The lowest BCUT2D eigenvalue weighted by molar-refractivity contribution is -0.136. The molecule has 0 saturated carbocycles. The van der Waals surface area contributed by atoms with Gasteiger partial charge in [-0.15, -0.1) is 4.31 Å². The van der Waals surface area contributed by atoms with Crippen LogP contribution in [0.4, 0.5) is 10.5 Å². The van der Waals surface area contributed by atoms with Gasteiger partial charge in [-0.25, -0.2) is 4.79 Å². The summed E-state index contributed by atoms with van der Waals surface area (Å²) < 4.78 is 27.1. The van der Waals surface area contributed by atoms with Crippen molar-refractivity contribution in [3.63, 3.8) is 0 Å². The fourth-order valence-corrected chi connectivity index (χ4v) is 7.88. The topological polar surface area (TPSA) is 144 Å². The molecule has 4 aliphatic rings. The molecule has 13 heteroatoms. The van der Waals surface area contributed by atoms with E-state index in [-0.39, 0.29) is 30.4 Å². The predicted octanol–water partition coefficient (Wildman–Crippen LogP) is 3.51. The molecule has 0 spiro atoms. The average Bonchev–Trinajstić information content (AvgIpc) is 3.35. The molecule has 0 bridgehead atoms. The number of benzene rings is 2. The maximum absolute atomic E-state index is 13.4. The Balaban J connectivity index is 0.984. The number of piperidine rings is 3. The Morgan fingerprint density at radius 3 is 2.43 bits per heavy atom. The second kappa shape index (κ2) is 13.7. The number of imide groups is 1. The van der Waals surface area contributed by atoms with Gasteiger partial charge in [0.25, 0.3) is 5.91 Å². The number of carbonyl (C=O) groups is 4. The molecule has 2 unspecified atom stereocenters. The van der Waals surface area contributed by atoms with E-state index in [1.165, 1.54) is 0 Å². The van der Waals surface area contributed by atoms with Gasteiger partial charge in [0.1, 0.15) is 23.5 Å². The molecular weight excluding hydrogens is 622 g/mol. The lowest BCUT2D eigenvalue weighted by Gasteiger charge is -2.34. The van der Waals surface area contributed by atoms with E-state index >= 15 is 0 Å². The number of alkyl carbamates (subject to hydrolysis) is 1. The number of carbonyl (C=O) groups excluding carboxylic acids is 4. The molecule has 2 atom stereocenters. The number of ether oxygens (including phenoxy) is 2. The fourth-order valence-electron chi connectivity index (χ4n) is 6.63. The van der Waals surface area contributed by atoms with E-state index in [0.717, 1.165) is 37.2 Å². The van der Waals surface area contributed by atoms with E-state index in [2.05, 4.69) is 15.5 Å². The van der Waals surface area contributed by atoms with Crippen molar-refractivity contribution in [1.82, 2.24) is 19.8 Å². The first-order valence-corrected chi connectivity index (χ1v) is 17.5. The summed E-state index contributed by atoms with van der Waals surface area (Å²) in [6.07, 6.45) is 3.18. The minimum atomic E-state index is -1.33. The van der Waals surface area contributed by atoms with Crippen molar-refractivity contribution in [2.45, 2.75) is 94.5 Å². The molecule has 47 heavy (non-hydrogen) atoms. The molecule has 0 aliphatic carbocycles. The number of hydrogen-bond acceptors (Lipinski definition) is 9. The van der Waals surface area contributed by atoms with Crippen molar-refractivity contribution in [3.8, 4) is 5.75 Å². The van der Waals surface area contributed by atoms with Gasteiger partial charge in [0.05, 0.1) is 11.4 Å². The van der Waals surface area contributed by atoms with Crippen LogP contribution >= 0.6 is 0 Å². The molecule has 0 aromatic heterocycles. The summed E-state index contributed by atoms with van der Waals surface area (Å²) in [4.78, 5) is 53.7. The van der Waals surface area contributed by atoms with Gasteiger partial charge in [0.2, 0.25) is 11.8 Å². The summed E-state index contributed by atoms with van der Waals surface area (Å²) in [6.45, 7) is 8.62. The Hall–Kier alpha value is -3.81. The molecule has 0 radical (unpaired) electrons. The number of amides is 4. The highest BCUT2D eigenvalue weighted by molar-refractivity contribution is 7.89. The van der Waals surface area contributed by atoms with Gasteiger partial charge in [-0.2, -0.15) is 0 Å².